The number of thioether (sulfide) groups is 1. The lowest BCUT2D eigenvalue weighted by atomic mass is 9.87. The third-order valence-electron chi connectivity index (χ3n) is 3.51. The molecule has 0 bridgehead atoms. The Balaban J connectivity index is 2.99. The summed E-state index contributed by atoms with van der Waals surface area (Å²) in [5.41, 5.74) is -8.97. The molecule has 0 N–H and O–H groups in total. The van der Waals surface area contributed by atoms with Gasteiger partial charge in [-0.3, -0.25) is 0 Å². The van der Waals surface area contributed by atoms with Crippen molar-refractivity contribution < 1.29 is 35.1 Å². The van der Waals surface area contributed by atoms with E-state index in [-0.39, 0.29) is 4.90 Å². The second-order valence-corrected chi connectivity index (χ2v) is 6.72. The lowest BCUT2D eigenvalue weighted by Gasteiger charge is -2.32. The van der Waals surface area contributed by atoms with Gasteiger partial charge in [0.1, 0.15) is 5.82 Å². The van der Waals surface area contributed by atoms with Crippen LogP contribution in [0, 0.1) is 11.9 Å². The molecular weight excluding hydrogens is 456 g/mol. The highest BCUT2D eigenvalue weighted by Crippen LogP contribution is 2.56. The first kappa shape index (κ1) is 21.0. The predicted molar refractivity (Wildman–Crippen MR) is 85.0 cm³/mol. The minimum absolute atomic E-state index is 0.178. The van der Waals surface area contributed by atoms with Crippen molar-refractivity contribution >= 4 is 27.7 Å². The quantitative estimate of drug-likeness (QED) is 0.346. The molecule has 26 heavy (non-hydrogen) atoms. The maximum Gasteiger partial charge on any atom is 0.435 e. The molecule has 0 amide bonds. The third-order valence-corrected chi connectivity index (χ3v) is 4.77. The van der Waals surface area contributed by atoms with Crippen LogP contribution in [0.3, 0.4) is 0 Å². The zero-order valence-corrected chi connectivity index (χ0v) is 15.1. The second kappa shape index (κ2) is 7.03. The van der Waals surface area contributed by atoms with Crippen LogP contribution in [0.5, 0.6) is 0 Å². The van der Waals surface area contributed by atoms with E-state index in [2.05, 4.69) is 22.0 Å². The van der Waals surface area contributed by atoms with E-state index in [1.54, 1.807) is 0 Å². The zero-order valence-electron chi connectivity index (χ0n) is 12.7. The van der Waals surface area contributed by atoms with Gasteiger partial charge in [0.15, 0.2) is 0 Å². The van der Waals surface area contributed by atoms with Crippen LogP contribution < -0.4 is 0 Å². The minimum atomic E-state index is -6.32. The fourth-order valence-corrected chi connectivity index (χ4v) is 3.52. The maximum absolute atomic E-state index is 14.7. The van der Waals surface area contributed by atoms with Crippen molar-refractivity contribution in [2.75, 3.05) is 6.26 Å². The Kier molecular flexibility index (Phi) is 5.68. The first-order valence-electron chi connectivity index (χ1n) is 6.72. The number of rotatable bonds is 3. The van der Waals surface area contributed by atoms with Crippen molar-refractivity contribution in [2.24, 2.45) is 0 Å². The molecule has 2 rings (SSSR count). The van der Waals surface area contributed by atoms with E-state index in [1.165, 1.54) is 18.4 Å². The average Bonchev–Trinajstić information content (AvgIpc) is 2.52. The summed E-state index contributed by atoms with van der Waals surface area (Å²) < 4.78 is 108. The normalized spacial score (nSPS) is 13.2. The van der Waals surface area contributed by atoms with Crippen molar-refractivity contribution in [3.05, 3.63) is 52.3 Å². The first-order chi connectivity index (χ1) is 11.8. The van der Waals surface area contributed by atoms with Crippen molar-refractivity contribution in [1.82, 2.24) is 0 Å². The summed E-state index contributed by atoms with van der Waals surface area (Å²) in [5.74, 6) is -1.11. The maximum atomic E-state index is 14.7. The third kappa shape index (κ3) is 3.45. The number of hydrogen-bond donors (Lipinski definition) is 0. The zero-order chi connectivity index (χ0) is 19.9. The molecule has 0 saturated carbocycles. The Morgan fingerprint density at radius 2 is 1.50 bits per heavy atom. The van der Waals surface area contributed by atoms with Gasteiger partial charge in [0, 0.05) is 32.1 Å². The summed E-state index contributed by atoms with van der Waals surface area (Å²) in [6.07, 6.45) is -11.3. The Morgan fingerprint density at radius 1 is 0.962 bits per heavy atom. The lowest BCUT2D eigenvalue weighted by Crippen LogP contribution is -2.50. The van der Waals surface area contributed by atoms with Crippen molar-refractivity contribution in [3.63, 3.8) is 0 Å². The summed E-state index contributed by atoms with van der Waals surface area (Å²) in [7, 11) is 0. The molecule has 141 valence electrons. The molecule has 2 aromatic rings. The van der Waals surface area contributed by atoms with E-state index in [0.717, 1.165) is 23.9 Å². The van der Waals surface area contributed by atoms with Gasteiger partial charge in [0.05, 0.1) is 0 Å². The van der Waals surface area contributed by atoms with Gasteiger partial charge in [-0.1, -0.05) is 18.2 Å². The van der Waals surface area contributed by atoms with Crippen LogP contribution in [0.2, 0.25) is 0 Å². The molecule has 0 unspecified atom stereocenters. The smallest absolute Gasteiger partial charge is 0.218 e. The highest BCUT2D eigenvalue weighted by Gasteiger charge is 2.74. The van der Waals surface area contributed by atoms with Crippen LogP contribution in [-0.4, -0.2) is 18.6 Å². The number of alkyl halides is 7. The molecule has 0 fully saturated rings. The van der Waals surface area contributed by atoms with Crippen LogP contribution in [0.1, 0.15) is 5.56 Å². The number of benzene rings is 2. The van der Waals surface area contributed by atoms with E-state index in [0.29, 0.717) is 6.07 Å². The van der Waals surface area contributed by atoms with Crippen LogP contribution in [0.4, 0.5) is 35.1 Å². The molecule has 0 aliphatic rings. The van der Waals surface area contributed by atoms with Crippen LogP contribution >= 0.6 is 27.7 Å². The highest BCUT2D eigenvalue weighted by molar-refractivity contribution is 9.10. The van der Waals surface area contributed by atoms with Gasteiger partial charge in [-0.15, -0.1) is 11.8 Å². The van der Waals surface area contributed by atoms with Gasteiger partial charge < -0.3 is 0 Å². The molecule has 0 nitrogen and oxygen atoms in total. The average molecular weight is 464 g/mol. The Bertz CT molecular complexity index is 799. The summed E-state index contributed by atoms with van der Waals surface area (Å²) in [5, 5.41) is 0. The van der Waals surface area contributed by atoms with E-state index in [4.69, 9.17) is 0 Å². The molecule has 0 spiro atoms. The van der Waals surface area contributed by atoms with Crippen molar-refractivity contribution in [1.29, 1.82) is 0 Å². The second-order valence-electron chi connectivity index (χ2n) is 5.07. The molecule has 2 aromatic carbocycles. The van der Waals surface area contributed by atoms with Crippen molar-refractivity contribution in [2.45, 2.75) is 22.9 Å². The molecule has 0 aliphatic heterocycles. The van der Waals surface area contributed by atoms with Gasteiger partial charge in [-0.2, -0.15) is 26.3 Å². The molecule has 0 aromatic heterocycles. The molecule has 0 atom stereocenters. The van der Waals surface area contributed by atoms with Crippen LogP contribution in [0.25, 0.3) is 11.1 Å². The Morgan fingerprint density at radius 3 is 1.96 bits per heavy atom. The van der Waals surface area contributed by atoms with E-state index in [9.17, 15) is 35.1 Å². The largest absolute Gasteiger partial charge is 0.435 e. The first-order valence-corrected chi connectivity index (χ1v) is 8.74. The molecule has 0 saturated heterocycles. The fraction of sp³-hybridized carbons (Fsp3) is 0.250. The number of halogens is 9. The minimum Gasteiger partial charge on any atom is -0.218 e. The van der Waals surface area contributed by atoms with E-state index in [1.807, 2.05) is 0 Å². The predicted octanol–water partition coefficient (Wildman–Crippen LogP) is 7.07. The summed E-state index contributed by atoms with van der Waals surface area (Å²) in [4.78, 5) is -0.178. The van der Waals surface area contributed by atoms with Crippen LogP contribution in [-0.2, 0) is 5.67 Å². The standard InChI is InChI=1S/C16H8BrF8S/c1-26-8-6-10(14(19,15(20,21)22)16(23,24)25)13(11(17)7-8)9-4-2-3-5-12(9)18/h2-6H,1H3. The van der Waals surface area contributed by atoms with Crippen LogP contribution in [0.15, 0.2) is 39.7 Å². The van der Waals surface area contributed by atoms with E-state index >= 15 is 0 Å². The lowest BCUT2D eigenvalue weighted by molar-refractivity contribution is -0.348. The Labute approximate surface area is 155 Å². The molecule has 1 radical (unpaired) electrons. The summed E-state index contributed by atoms with van der Waals surface area (Å²) in [6, 6.07) is 7.07. The molecule has 0 aliphatic carbocycles. The molecule has 10 heteroatoms. The van der Waals surface area contributed by atoms with Gasteiger partial charge >= 0.3 is 18.0 Å². The topological polar surface area (TPSA) is 0 Å². The van der Waals surface area contributed by atoms with Gasteiger partial charge in [-0.05, 0) is 34.3 Å². The molecule has 0 heterocycles. The number of hydrogen-bond acceptors (Lipinski definition) is 1. The van der Waals surface area contributed by atoms with Crippen molar-refractivity contribution in [3.8, 4) is 11.1 Å². The summed E-state index contributed by atoms with van der Waals surface area (Å²) >= 11 is 3.56. The monoisotopic (exact) mass is 463 g/mol. The van der Waals surface area contributed by atoms with E-state index < -0.39 is 45.0 Å². The van der Waals surface area contributed by atoms with Gasteiger partial charge in [-0.25, -0.2) is 8.78 Å². The SMILES string of the molecule is CSc1[c]c(Br)c(-c2ccccc2F)c(C(F)(C(F)(F)F)C(F)(F)F)c1. The molecular formula is C16H8BrF8S. The van der Waals surface area contributed by atoms with Gasteiger partial charge in [0.2, 0.25) is 0 Å². The summed E-state index contributed by atoms with van der Waals surface area (Å²) in [6.45, 7) is 0. The highest BCUT2D eigenvalue weighted by atomic mass is 79.9. The Hall–Kier alpha value is -1.29. The fourth-order valence-electron chi connectivity index (χ4n) is 2.30. The van der Waals surface area contributed by atoms with Gasteiger partial charge in [0.25, 0.3) is 0 Å².